The molecule has 1 aromatic heterocycles. The van der Waals surface area contributed by atoms with Crippen LogP contribution in [0.2, 0.25) is 0 Å². The molecular weight excluding hydrogens is 204 g/mol. The Balaban J connectivity index is 2.15. The molecule has 0 saturated carbocycles. The molecule has 0 fully saturated rings. The second-order valence-electron chi connectivity index (χ2n) is 3.33. The molecule has 2 aromatic rings. The number of benzene rings is 1. The minimum Gasteiger partial charge on any atom is -0.463 e. The molecule has 0 amide bonds. The van der Waals surface area contributed by atoms with Gasteiger partial charge in [-0.15, -0.1) is 5.10 Å². The molecule has 5 nitrogen and oxygen atoms in total. The molecule has 84 valence electrons. The molecule has 5 heteroatoms. The lowest BCUT2D eigenvalue weighted by Crippen LogP contribution is -2.06. The van der Waals surface area contributed by atoms with E-state index in [0.717, 1.165) is 5.56 Å². The average molecular weight is 218 g/mol. The van der Waals surface area contributed by atoms with E-state index >= 15 is 0 Å². The van der Waals surface area contributed by atoms with Crippen molar-refractivity contribution in [1.82, 2.24) is 14.8 Å². The second-order valence-corrected chi connectivity index (χ2v) is 3.33. The summed E-state index contributed by atoms with van der Waals surface area (Å²) in [5.41, 5.74) is 6.86. The lowest BCUT2D eigenvalue weighted by Gasteiger charge is -2.01. The number of nitrogens with zero attached hydrogens (tertiary/aromatic N) is 3. The highest BCUT2D eigenvalue weighted by atomic mass is 16.5. The summed E-state index contributed by atoms with van der Waals surface area (Å²) < 4.78 is 6.81. The maximum absolute atomic E-state index is 5.73. The van der Waals surface area contributed by atoms with E-state index < -0.39 is 0 Å². The Morgan fingerprint density at radius 1 is 1.31 bits per heavy atom. The first-order chi connectivity index (χ1) is 7.79. The maximum Gasteiger partial charge on any atom is 0.337 e. The third-order valence-electron chi connectivity index (χ3n) is 2.13. The van der Waals surface area contributed by atoms with Crippen molar-refractivity contribution < 1.29 is 4.74 Å². The van der Waals surface area contributed by atoms with Crippen molar-refractivity contribution in [2.75, 3.05) is 12.3 Å². The maximum atomic E-state index is 5.73. The molecule has 0 spiro atoms. The summed E-state index contributed by atoms with van der Waals surface area (Å²) in [6, 6.07) is 10.3. The molecular formula is C11H14N4O. The van der Waals surface area contributed by atoms with Crippen molar-refractivity contribution in [2.45, 2.75) is 13.5 Å². The van der Waals surface area contributed by atoms with Crippen LogP contribution in [0.25, 0.3) is 0 Å². The van der Waals surface area contributed by atoms with Gasteiger partial charge in [0.2, 0.25) is 5.95 Å². The first-order valence-corrected chi connectivity index (χ1v) is 5.16. The number of ether oxygens (including phenoxy) is 1. The van der Waals surface area contributed by atoms with Crippen LogP contribution < -0.4 is 10.5 Å². The number of nitrogen functional groups attached to an aromatic ring is 1. The first kappa shape index (κ1) is 10.5. The van der Waals surface area contributed by atoms with Crippen molar-refractivity contribution in [1.29, 1.82) is 0 Å². The van der Waals surface area contributed by atoms with Gasteiger partial charge in [-0.05, 0) is 12.5 Å². The van der Waals surface area contributed by atoms with E-state index in [4.69, 9.17) is 10.5 Å². The van der Waals surface area contributed by atoms with Crippen LogP contribution >= 0.6 is 0 Å². The highest BCUT2D eigenvalue weighted by molar-refractivity contribution is 5.22. The number of hydrogen-bond acceptors (Lipinski definition) is 4. The summed E-state index contributed by atoms with van der Waals surface area (Å²) >= 11 is 0. The summed E-state index contributed by atoms with van der Waals surface area (Å²) in [6.45, 7) is 3.02. The number of hydrogen-bond donors (Lipinski definition) is 1. The van der Waals surface area contributed by atoms with Crippen LogP contribution in [0, 0.1) is 0 Å². The fraction of sp³-hybridized carbons (Fsp3) is 0.273. The van der Waals surface area contributed by atoms with E-state index in [-0.39, 0.29) is 0 Å². The molecule has 0 bridgehead atoms. The lowest BCUT2D eigenvalue weighted by atomic mass is 10.2. The van der Waals surface area contributed by atoms with Gasteiger partial charge in [-0.3, -0.25) is 0 Å². The van der Waals surface area contributed by atoms with Gasteiger partial charge in [0.25, 0.3) is 0 Å². The van der Waals surface area contributed by atoms with Crippen LogP contribution in [0.4, 0.5) is 5.95 Å². The minimum atomic E-state index is 0.330. The van der Waals surface area contributed by atoms with Gasteiger partial charge in [-0.1, -0.05) is 30.3 Å². The van der Waals surface area contributed by atoms with Crippen LogP contribution in [0.3, 0.4) is 0 Å². The first-order valence-electron chi connectivity index (χ1n) is 5.16. The van der Waals surface area contributed by atoms with Crippen molar-refractivity contribution >= 4 is 5.95 Å². The van der Waals surface area contributed by atoms with E-state index in [0.29, 0.717) is 25.1 Å². The van der Waals surface area contributed by atoms with Gasteiger partial charge >= 0.3 is 6.01 Å². The monoisotopic (exact) mass is 218 g/mol. The number of anilines is 1. The van der Waals surface area contributed by atoms with Crippen LogP contribution in [0.5, 0.6) is 6.01 Å². The SMILES string of the molecule is CCOc1nc(N)n(Cc2ccccc2)n1. The summed E-state index contributed by atoms with van der Waals surface area (Å²) in [6.07, 6.45) is 0. The molecule has 0 saturated heterocycles. The third kappa shape index (κ3) is 2.31. The summed E-state index contributed by atoms with van der Waals surface area (Å²) in [5.74, 6) is 0.368. The Morgan fingerprint density at radius 2 is 2.06 bits per heavy atom. The largest absolute Gasteiger partial charge is 0.463 e. The van der Waals surface area contributed by atoms with Gasteiger partial charge in [0.15, 0.2) is 0 Å². The van der Waals surface area contributed by atoms with Crippen molar-refractivity contribution in [2.24, 2.45) is 0 Å². The average Bonchev–Trinajstić information content (AvgIpc) is 2.61. The van der Waals surface area contributed by atoms with Crippen molar-refractivity contribution in [3.8, 4) is 6.01 Å². The molecule has 0 unspecified atom stereocenters. The quantitative estimate of drug-likeness (QED) is 0.840. The predicted octanol–water partition coefficient (Wildman–Crippen LogP) is 1.31. The van der Waals surface area contributed by atoms with E-state index in [1.807, 2.05) is 37.3 Å². The smallest absolute Gasteiger partial charge is 0.337 e. The zero-order chi connectivity index (χ0) is 11.4. The predicted molar refractivity (Wildman–Crippen MR) is 61.1 cm³/mol. The van der Waals surface area contributed by atoms with Crippen molar-refractivity contribution in [3.63, 3.8) is 0 Å². The van der Waals surface area contributed by atoms with E-state index in [2.05, 4.69) is 10.1 Å². The molecule has 0 radical (unpaired) electrons. The Kier molecular flexibility index (Phi) is 3.05. The molecule has 0 aliphatic rings. The number of rotatable bonds is 4. The molecule has 16 heavy (non-hydrogen) atoms. The normalized spacial score (nSPS) is 10.3. The number of nitrogens with two attached hydrogens (primary N) is 1. The van der Waals surface area contributed by atoms with Gasteiger partial charge < -0.3 is 10.5 Å². The van der Waals surface area contributed by atoms with Crippen LogP contribution in [-0.2, 0) is 6.54 Å². The molecule has 0 aliphatic heterocycles. The van der Waals surface area contributed by atoms with Gasteiger partial charge in [0.05, 0.1) is 13.2 Å². The zero-order valence-corrected chi connectivity index (χ0v) is 9.13. The summed E-state index contributed by atoms with van der Waals surface area (Å²) in [7, 11) is 0. The topological polar surface area (TPSA) is 66.0 Å². The van der Waals surface area contributed by atoms with Crippen LogP contribution in [0.1, 0.15) is 12.5 Å². The highest BCUT2D eigenvalue weighted by Gasteiger charge is 2.07. The van der Waals surface area contributed by atoms with E-state index in [9.17, 15) is 0 Å². The fourth-order valence-corrected chi connectivity index (χ4v) is 1.40. The summed E-state index contributed by atoms with van der Waals surface area (Å²) in [4.78, 5) is 4.00. The van der Waals surface area contributed by atoms with Gasteiger partial charge in [-0.2, -0.15) is 4.98 Å². The standard InChI is InChI=1S/C11H14N4O/c1-2-16-11-13-10(12)15(14-11)8-9-6-4-3-5-7-9/h3-7H,2,8H2,1H3,(H2,12,13,14). The van der Waals surface area contributed by atoms with Gasteiger partial charge in [0, 0.05) is 0 Å². The van der Waals surface area contributed by atoms with Gasteiger partial charge in [0.1, 0.15) is 0 Å². The third-order valence-corrected chi connectivity index (χ3v) is 2.13. The Hall–Kier alpha value is -2.04. The molecule has 0 atom stereocenters. The van der Waals surface area contributed by atoms with Crippen molar-refractivity contribution in [3.05, 3.63) is 35.9 Å². The highest BCUT2D eigenvalue weighted by Crippen LogP contribution is 2.10. The minimum absolute atomic E-state index is 0.330. The van der Waals surface area contributed by atoms with Crippen LogP contribution in [0.15, 0.2) is 30.3 Å². The van der Waals surface area contributed by atoms with E-state index in [1.54, 1.807) is 4.68 Å². The molecule has 0 aliphatic carbocycles. The molecule has 1 heterocycles. The Morgan fingerprint density at radius 3 is 2.75 bits per heavy atom. The lowest BCUT2D eigenvalue weighted by molar-refractivity contribution is 0.311. The number of aromatic nitrogens is 3. The summed E-state index contributed by atoms with van der Waals surface area (Å²) in [5, 5.41) is 4.15. The fourth-order valence-electron chi connectivity index (χ4n) is 1.40. The molecule has 2 rings (SSSR count). The molecule has 2 N–H and O–H groups in total. The second kappa shape index (κ2) is 4.65. The van der Waals surface area contributed by atoms with E-state index in [1.165, 1.54) is 0 Å². The van der Waals surface area contributed by atoms with Crippen LogP contribution in [-0.4, -0.2) is 21.4 Å². The molecule has 1 aromatic carbocycles. The zero-order valence-electron chi connectivity index (χ0n) is 9.13. The Bertz CT molecular complexity index is 452. The van der Waals surface area contributed by atoms with Gasteiger partial charge in [-0.25, -0.2) is 4.68 Å². The Labute approximate surface area is 93.9 Å².